The first kappa shape index (κ1) is 14.0. The minimum atomic E-state index is -0.950. The van der Waals surface area contributed by atoms with Crippen LogP contribution in [0.3, 0.4) is 0 Å². The maximum atomic E-state index is 12.4. The number of piperazine rings is 1. The Kier molecular flexibility index (Phi) is 3.41. The topological polar surface area (TPSA) is 74.0 Å². The van der Waals surface area contributed by atoms with Gasteiger partial charge in [0.1, 0.15) is 6.04 Å². The number of aromatic nitrogens is 1. The van der Waals surface area contributed by atoms with Crippen LogP contribution in [0, 0.1) is 0 Å². The summed E-state index contributed by atoms with van der Waals surface area (Å²) in [7, 11) is 0. The average Bonchev–Trinajstić information content (AvgIpc) is 2.88. The van der Waals surface area contributed by atoms with E-state index in [1.54, 1.807) is 6.92 Å². The van der Waals surface area contributed by atoms with Crippen LogP contribution in [0.4, 0.5) is 0 Å². The molecule has 110 valence electrons. The fraction of sp³-hybridized carbons (Fsp3) is 0.333. The number of rotatable bonds is 3. The molecule has 6 heteroatoms. The van der Waals surface area contributed by atoms with Gasteiger partial charge in [0.25, 0.3) is 5.91 Å². The summed E-state index contributed by atoms with van der Waals surface area (Å²) in [4.78, 5) is 26.6. The molecule has 2 aromatic rings. The molecular weight excluding hydrogens is 286 g/mol. The predicted molar refractivity (Wildman–Crippen MR) is 84.0 cm³/mol. The van der Waals surface area contributed by atoms with Gasteiger partial charge in [-0.3, -0.25) is 9.59 Å². The fourth-order valence-electron chi connectivity index (χ4n) is 2.63. The molecule has 2 unspecified atom stereocenters. The van der Waals surface area contributed by atoms with Gasteiger partial charge in [-0.15, -0.1) is 11.8 Å². The lowest BCUT2D eigenvalue weighted by molar-refractivity contribution is -0.137. The molecule has 0 spiro atoms. The number of carbonyl (C=O) groups excluding carboxylic acids is 2. The SMILES string of the molecule is CSC1(Cc2c[nH]c3ccccc23)NC(=O)C(C)NC1=O. The highest BCUT2D eigenvalue weighted by atomic mass is 32.2. The van der Waals surface area contributed by atoms with Crippen molar-refractivity contribution in [1.82, 2.24) is 15.6 Å². The minimum absolute atomic E-state index is 0.146. The highest BCUT2D eigenvalue weighted by Gasteiger charge is 2.45. The van der Waals surface area contributed by atoms with Crippen molar-refractivity contribution in [1.29, 1.82) is 0 Å². The largest absolute Gasteiger partial charge is 0.361 e. The van der Waals surface area contributed by atoms with Crippen LogP contribution in [-0.4, -0.2) is 34.0 Å². The standard InChI is InChI=1S/C15H17N3O2S/c1-9-13(19)18-15(21-2,14(20)17-9)7-10-8-16-12-6-4-3-5-11(10)12/h3-6,8-9,16H,7H2,1-2H3,(H,17,20)(H,18,19). The lowest BCUT2D eigenvalue weighted by Crippen LogP contribution is -2.67. The molecule has 0 aliphatic carbocycles. The Balaban J connectivity index is 1.97. The van der Waals surface area contributed by atoms with Gasteiger partial charge in [-0.1, -0.05) is 18.2 Å². The Labute approximate surface area is 126 Å². The fourth-order valence-corrected chi connectivity index (χ4v) is 3.38. The van der Waals surface area contributed by atoms with Gasteiger partial charge < -0.3 is 15.6 Å². The van der Waals surface area contributed by atoms with Crippen LogP contribution >= 0.6 is 11.8 Å². The number of hydrogen-bond donors (Lipinski definition) is 3. The Morgan fingerprint density at radius 1 is 1.29 bits per heavy atom. The predicted octanol–water partition coefficient (Wildman–Crippen LogP) is 1.40. The molecule has 0 saturated carbocycles. The van der Waals surface area contributed by atoms with E-state index in [9.17, 15) is 9.59 Å². The van der Waals surface area contributed by atoms with Gasteiger partial charge in [0.05, 0.1) is 0 Å². The molecule has 3 rings (SSSR count). The van der Waals surface area contributed by atoms with Crippen molar-refractivity contribution in [3.05, 3.63) is 36.0 Å². The molecule has 2 heterocycles. The summed E-state index contributed by atoms with van der Waals surface area (Å²) in [6, 6.07) is 7.45. The Morgan fingerprint density at radius 3 is 2.81 bits per heavy atom. The Hall–Kier alpha value is -1.95. The quantitative estimate of drug-likeness (QED) is 0.802. The summed E-state index contributed by atoms with van der Waals surface area (Å²) in [6.07, 6.45) is 4.19. The Morgan fingerprint density at radius 2 is 2.05 bits per heavy atom. The monoisotopic (exact) mass is 303 g/mol. The van der Waals surface area contributed by atoms with Crippen LogP contribution in [0.25, 0.3) is 10.9 Å². The number of aromatic amines is 1. The van der Waals surface area contributed by atoms with E-state index in [2.05, 4.69) is 15.6 Å². The number of para-hydroxylation sites is 1. The normalized spacial score (nSPS) is 25.7. The first-order chi connectivity index (χ1) is 10.1. The molecule has 1 aliphatic heterocycles. The maximum Gasteiger partial charge on any atom is 0.257 e. The van der Waals surface area contributed by atoms with Crippen LogP contribution in [0.5, 0.6) is 0 Å². The second kappa shape index (κ2) is 5.11. The smallest absolute Gasteiger partial charge is 0.257 e. The highest BCUT2D eigenvalue weighted by molar-refractivity contribution is 8.00. The van der Waals surface area contributed by atoms with Crippen molar-refractivity contribution < 1.29 is 9.59 Å². The van der Waals surface area contributed by atoms with E-state index < -0.39 is 10.9 Å². The molecule has 21 heavy (non-hydrogen) atoms. The van der Waals surface area contributed by atoms with Gasteiger partial charge in [0.2, 0.25) is 5.91 Å². The van der Waals surface area contributed by atoms with E-state index in [1.807, 2.05) is 36.7 Å². The van der Waals surface area contributed by atoms with E-state index in [-0.39, 0.29) is 11.8 Å². The van der Waals surface area contributed by atoms with Gasteiger partial charge in [0.15, 0.2) is 4.87 Å². The van der Waals surface area contributed by atoms with Gasteiger partial charge in [0, 0.05) is 23.5 Å². The highest BCUT2D eigenvalue weighted by Crippen LogP contribution is 2.30. The molecule has 2 atom stereocenters. The molecule has 1 aromatic carbocycles. The molecule has 1 saturated heterocycles. The van der Waals surface area contributed by atoms with E-state index in [1.165, 1.54) is 11.8 Å². The van der Waals surface area contributed by atoms with E-state index >= 15 is 0 Å². The average molecular weight is 303 g/mol. The van der Waals surface area contributed by atoms with Crippen LogP contribution in [0.15, 0.2) is 30.5 Å². The number of carbonyl (C=O) groups is 2. The van der Waals surface area contributed by atoms with E-state index in [0.29, 0.717) is 6.42 Å². The molecule has 3 N–H and O–H groups in total. The van der Waals surface area contributed by atoms with Crippen molar-refractivity contribution >= 4 is 34.5 Å². The third-order valence-corrected chi connectivity index (χ3v) is 5.02. The van der Waals surface area contributed by atoms with Crippen molar-refractivity contribution in [3.8, 4) is 0 Å². The van der Waals surface area contributed by atoms with Crippen LogP contribution in [0.2, 0.25) is 0 Å². The Bertz CT molecular complexity index is 712. The van der Waals surface area contributed by atoms with E-state index in [4.69, 9.17) is 0 Å². The molecule has 1 aliphatic rings. The van der Waals surface area contributed by atoms with Crippen LogP contribution in [-0.2, 0) is 16.0 Å². The molecule has 1 fully saturated rings. The van der Waals surface area contributed by atoms with Crippen LogP contribution < -0.4 is 10.6 Å². The van der Waals surface area contributed by atoms with Gasteiger partial charge >= 0.3 is 0 Å². The lowest BCUT2D eigenvalue weighted by Gasteiger charge is -2.37. The maximum absolute atomic E-state index is 12.4. The summed E-state index contributed by atoms with van der Waals surface area (Å²) in [6.45, 7) is 1.68. The van der Waals surface area contributed by atoms with Crippen molar-refractivity contribution in [2.24, 2.45) is 0 Å². The summed E-state index contributed by atoms with van der Waals surface area (Å²) < 4.78 is 0. The van der Waals surface area contributed by atoms with Crippen molar-refractivity contribution in [3.63, 3.8) is 0 Å². The van der Waals surface area contributed by atoms with E-state index in [0.717, 1.165) is 16.5 Å². The number of fused-ring (bicyclic) bond motifs is 1. The first-order valence-corrected chi connectivity index (χ1v) is 8.01. The second-order valence-corrected chi connectivity index (χ2v) is 6.36. The van der Waals surface area contributed by atoms with Gasteiger partial charge in [-0.25, -0.2) is 0 Å². The molecule has 5 nitrogen and oxygen atoms in total. The number of hydrogen-bond acceptors (Lipinski definition) is 3. The molecule has 0 bridgehead atoms. The molecule has 1 aromatic heterocycles. The molecule has 0 radical (unpaired) electrons. The number of benzene rings is 1. The summed E-state index contributed by atoms with van der Waals surface area (Å²) in [5.74, 6) is -0.295. The molecular formula is C15H17N3O2S. The first-order valence-electron chi connectivity index (χ1n) is 6.79. The van der Waals surface area contributed by atoms with Gasteiger partial charge in [-0.2, -0.15) is 0 Å². The summed E-state index contributed by atoms with van der Waals surface area (Å²) in [5, 5.41) is 6.71. The third-order valence-electron chi connectivity index (χ3n) is 3.90. The molecule has 2 amide bonds. The number of nitrogens with one attached hydrogen (secondary N) is 3. The van der Waals surface area contributed by atoms with Gasteiger partial charge in [-0.05, 0) is 24.8 Å². The zero-order chi connectivity index (χ0) is 15.0. The third kappa shape index (κ3) is 2.29. The van der Waals surface area contributed by atoms with Crippen LogP contribution in [0.1, 0.15) is 12.5 Å². The lowest BCUT2D eigenvalue weighted by atomic mass is 10.0. The number of H-pyrrole nitrogens is 1. The van der Waals surface area contributed by atoms with Crippen molar-refractivity contribution in [2.45, 2.75) is 24.3 Å². The number of amides is 2. The van der Waals surface area contributed by atoms with Crippen molar-refractivity contribution in [2.75, 3.05) is 6.26 Å². The zero-order valence-electron chi connectivity index (χ0n) is 11.9. The zero-order valence-corrected chi connectivity index (χ0v) is 12.7. The summed E-state index contributed by atoms with van der Waals surface area (Å²) in [5.41, 5.74) is 2.05. The number of thioether (sulfide) groups is 1. The minimum Gasteiger partial charge on any atom is -0.361 e. The second-order valence-electron chi connectivity index (χ2n) is 5.25. The summed E-state index contributed by atoms with van der Waals surface area (Å²) >= 11 is 1.36.